The van der Waals surface area contributed by atoms with Gasteiger partial charge in [0.05, 0.1) is 0 Å². The van der Waals surface area contributed by atoms with Gasteiger partial charge in [-0.1, -0.05) is 9.64 Å². The number of hydrogen-bond acceptors (Lipinski definition) is 7. The van der Waals surface area contributed by atoms with Gasteiger partial charge < -0.3 is 10.3 Å². The molecule has 0 saturated carbocycles. The summed E-state index contributed by atoms with van der Waals surface area (Å²) in [5.74, 6) is 0.874. The van der Waals surface area contributed by atoms with Crippen molar-refractivity contribution in [2.24, 2.45) is 0 Å². The Morgan fingerprint density at radius 1 is 1.18 bits per heavy atom. The Balaban J connectivity index is 1.98. The summed E-state index contributed by atoms with van der Waals surface area (Å²) in [6.45, 7) is 0. The number of aromatic nitrogens is 4. The van der Waals surface area contributed by atoms with Crippen molar-refractivity contribution < 1.29 is 4.52 Å². The van der Waals surface area contributed by atoms with E-state index in [2.05, 4.69) is 19.7 Å². The van der Waals surface area contributed by atoms with Crippen LogP contribution in [0.4, 0.5) is 5.69 Å². The number of nitrogens with two attached hydrogens (primary N) is 1. The molecule has 3 aromatic rings. The van der Waals surface area contributed by atoms with Crippen molar-refractivity contribution in [3.63, 3.8) is 0 Å². The molecule has 0 saturated heterocycles. The first kappa shape index (κ1) is 9.91. The molecule has 0 unspecified atom stereocenters. The van der Waals surface area contributed by atoms with Gasteiger partial charge in [0.25, 0.3) is 5.89 Å². The average molecular weight is 245 g/mol. The molecule has 84 valence electrons. The third-order valence-electron chi connectivity index (χ3n) is 2.17. The summed E-state index contributed by atoms with van der Waals surface area (Å²) in [7, 11) is 0. The SMILES string of the molecule is Nc1ccc(-c2noc(-c3csnn3)n2)cc1. The van der Waals surface area contributed by atoms with Crippen molar-refractivity contribution >= 4 is 17.2 Å². The van der Waals surface area contributed by atoms with E-state index < -0.39 is 0 Å². The summed E-state index contributed by atoms with van der Waals surface area (Å²) < 4.78 is 8.84. The zero-order valence-corrected chi connectivity index (χ0v) is 9.39. The van der Waals surface area contributed by atoms with Crippen LogP contribution >= 0.6 is 11.5 Å². The predicted octanol–water partition coefficient (Wildman–Crippen LogP) is 1.84. The maximum Gasteiger partial charge on any atom is 0.279 e. The number of rotatable bonds is 2. The van der Waals surface area contributed by atoms with Crippen molar-refractivity contribution in [1.82, 2.24) is 19.7 Å². The van der Waals surface area contributed by atoms with E-state index in [0.717, 1.165) is 5.56 Å². The molecule has 0 aliphatic carbocycles. The van der Waals surface area contributed by atoms with Gasteiger partial charge in [0.1, 0.15) is 0 Å². The molecule has 3 rings (SSSR count). The number of nitrogens with zero attached hydrogens (tertiary/aromatic N) is 4. The lowest BCUT2D eigenvalue weighted by molar-refractivity contribution is 0.431. The zero-order chi connectivity index (χ0) is 11.7. The van der Waals surface area contributed by atoms with Crippen molar-refractivity contribution in [3.05, 3.63) is 29.6 Å². The van der Waals surface area contributed by atoms with Crippen molar-refractivity contribution in [2.45, 2.75) is 0 Å². The summed E-state index contributed by atoms with van der Waals surface area (Å²) >= 11 is 1.24. The van der Waals surface area contributed by atoms with Gasteiger partial charge >= 0.3 is 0 Å². The van der Waals surface area contributed by atoms with Gasteiger partial charge in [-0.05, 0) is 35.8 Å². The molecule has 2 N–H and O–H groups in total. The largest absolute Gasteiger partial charge is 0.399 e. The summed E-state index contributed by atoms with van der Waals surface area (Å²) in [6, 6.07) is 7.25. The molecule has 7 heteroatoms. The molecule has 2 aromatic heterocycles. The molecular formula is C10H7N5OS. The Labute approximate surface area is 100 Å². The van der Waals surface area contributed by atoms with Crippen LogP contribution in [0.5, 0.6) is 0 Å². The fourth-order valence-electron chi connectivity index (χ4n) is 1.33. The van der Waals surface area contributed by atoms with Gasteiger partial charge in [-0.25, -0.2) is 0 Å². The van der Waals surface area contributed by atoms with Gasteiger partial charge in [0.2, 0.25) is 5.82 Å². The molecule has 17 heavy (non-hydrogen) atoms. The summed E-state index contributed by atoms with van der Waals surface area (Å²) in [5.41, 5.74) is 7.73. The Morgan fingerprint density at radius 3 is 2.71 bits per heavy atom. The third-order valence-corrected chi connectivity index (χ3v) is 2.68. The van der Waals surface area contributed by atoms with Crippen LogP contribution < -0.4 is 5.73 Å². The molecule has 0 atom stereocenters. The van der Waals surface area contributed by atoms with Gasteiger partial charge in [-0.2, -0.15) is 4.98 Å². The molecule has 0 amide bonds. The maximum atomic E-state index is 5.61. The van der Waals surface area contributed by atoms with E-state index in [9.17, 15) is 0 Å². The Hall–Kier alpha value is -2.28. The Morgan fingerprint density at radius 2 is 2.00 bits per heavy atom. The van der Waals surface area contributed by atoms with Crippen LogP contribution in [0.25, 0.3) is 23.0 Å². The Kier molecular flexibility index (Phi) is 2.30. The first-order valence-electron chi connectivity index (χ1n) is 4.80. The van der Waals surface area contributed by atoms with Crippen LogP contribution in [0.15, 0.2) is 34.2 Å². The van der Waals surface area contributed by atoms with Crippen LogP contribution in [0, 0.1) is 0 Å². The lowest BCUT2D eigenvalue weighted by Gasteiger charge is -1.94. The second-order valence-corrected chi connectivity index (χ2v) is 3.95. The van der Waals surface area contributed by atoms with E-state index >= 15 is 0 Å². The van der Waals surface area contributed by atoms with Crippen molar-refractivity contribution in [1.29, 1.82) is 0 Å². The molecular weight excluding hydrogens is 238 g/mol. The molecule has 0 aliphatic rings. The van der Waals surface area contributed by atoms with Gasteiger partial charge in [0.15, 0.2) is 5.69 Å². The van der Waals surface area contributed by atoms with Crippen molar-refractivity contribution in [3.8, 4) is 23.0 Å². The Bertz CT molecular complexity index is 616. The first-order chi connectivity index (χ1) is 8.33. The lowest BCUT2D eigenvalue weighted by Crippen LogP contribution is -1.85. The number of nitrogen functional groups attached to an aromatic ring is 1. The van der Waals surface area contributed by atoms with E-state index in [0.29, 0.717) is 23.1 Å². The van der Waals surface area contributed by atoms with Crippen LogP contribution in [0.2, 0.25) is 0 Å². The minimum atomic E-state index is 0.366. The number of hydrogen-bond donors (Lipinski definition) is 1. The monoisotopic (exact) mass is 245 g/mol. The fourth-order valence-corrected chi connectivity index (χ4v) is 1.76. The molecule has 0 bridgehead atoms. The van der Waals surface area contributed by atoms with E-state index in [1.54, 1.807) is 17.5 Å². The minimum absolute atomic E-state index is 0.366. The quantitative estimate of drug-likeness (QED) is 0.693. The molecule has 2 heterocycles. The summed E-state index contributed by atoms with van der Waals surface area (Å²) in [5, 5.41) is 9.49. The highest BCUT2D eigenvalue weighted by Gasteiger charge is 2.12. The number of anilines is 1. The van der Waals surface area contributed by atoms with E-state index in [1.165, 1.54) is 11.5 Å². The smallest absolute Gasteiger partial charge is 0.279 e. The number of benzene rings is 1. The second-order valence-electron chi connectivity index (χ2n) is 3.34. The second kappa shape index (κ2) is 3.95. The summed E-state index contributed by atoms with van der Waals surface area (Å²) in [6.07, 6.45) is 0. The highest BCUT2D eigenvalue weighted by molar-refractivity contribution is 7.03. The highest BCUT2D eigenvalue weighted by atomic mass is 32.1. The predicted molar refractivity (Wildman–Crippen MR) is 63.0 cm³/mol. The molecule has 1 aromatic carbocycles. The lowest BCUT2D eigenvalue weighted by atomic mass is 10.2. The fraction of sp³-hybridized carbons (Fsp3) is 0. The van der Waals surface area contributed by atoms with E-state index in [4.69, 9.17) is 10.3 Å². The minimum Gasteiger partial charge on any atom is -0.399 e. The molecule has 0 radical (unpaired) electrons. The third kappa shape index (κ3) is 1.87. The topological polar surface area (TPSA) is 90.7 Å². The van der Waals surface area contributed by atoms with E-state index in [1.807, 2.05) is 12.1 Å². The normalized spacial score (nSPS) is 10.6. The zero-order valence-electron chi connectivity index (χ0n) is 8.57. The average Bonchev–Trinajstić information content (AvgIpc) is 3.00. The van der Waals surface area contributed by atoms with Gasteiger partial charge in [-0.15, -0.1) is 5.10 Å². The van der Waals surface area contributed by atoms with Crippen molar-refractivity contribution in [2.75, 3.05) is 5.73 Å². The molecule has 6 nitrogen and oxygen atoms in total. The van der Waals surface area contributed by atoms with Crippen LogP contribution in [0.1, 0.15) is 0 Å². The highest BCUT2D eigenvalue weighted by Crippen LogP contribution is 2.21. The molecule has 0 aliphatic heterocycles. The van der Waals surface area contributed by atoms with Gasteiger partial charge in [0, 0.05) is 16.6 Å². The van der Waals surface area contributed by atoms with Crippen LogP contribution in [0.3, 0.4) is 0 Å². The van der Waals surface area contributed by atoms with Gasteiger partial charge in [-0.3, -0.25) is 0 Å². The maximum absolute atomic E-state index is 5.61. The first-order valence-corrected chi connectivity index (χ1v) is 5.63. The van der Waals surface area contributed by atoms with Crippen LogP contribution in [-0.4, -0.2) is 19.7 Å². The molecule has 0 fully saturated rings. The van der Waals surface area contributed by atoms with E-state index in [-0.39, 0.29) is 0 Å². The van der Waals surface area contributed by atoms with Crippen LogP contribution in [-0.2, 0) is 0 Å². The standard InChI is InChI=1S/C10H7N5OS/c11-7-3-1-6(2-4-7)9-12-10(16-14-9)8-5-17-15-13-8/h1-5H,11H2. The molecule has 0 spiro atoms. The summed E-state index contributed by atoms with van der Waals surface area (Å²) in [4.78, 5) is 4.24.